The van der Waals surface area contributed by atoms with Crippen molar-refractivity contribution in [2.24, 2.45) is 10.8 Å². The highest BCUT2D eigenvalue weighted by Crippen LogP contribution is 2.40. The topological polar surface area (TPSA) is 233 Å². The number of likely N-dealkylation sites (N-methyl/N-ethyl adjacent to an activating group) is 2. The van der Waals surface area contributed by atoms with E-state index in [1.165, 1.54) is 0 Å². The minimum absolute atomic E-state index is 0.0909. The molecule has 2 aromatic heterocycles. The van der Waals surface area contributed by atoms with E-state index < -0.39 is 71.0 Å². The number of oxazole rings is 2. The molecule has 0 aliphatic carbocycles. The van der Waals surface area contributed by atoms with Gasteiger partial charge < -0.3 is 50.5 Å². The van der Waals surface area contributed by atoms with Crippen molar-refractivity contribution < 1.29 is 37.6 Å². The van der Waals surface area contributed by atoms with Crippen molar-refractivity contribution in [3.8, 4) is 0 Å². The monoisotopic (exact) mass is 1160 g/mol. The second kappa shape index (κ2) is 26.7. The molecular formula is C68H80N10O8. The molecule has 9 rings (SSSR count). The van der Waals surface area contributed by atoms with Gasteiger partial charge in [0.15, 0.2) is 0 Å². The lowest BCUT2D eigenvalue weighted by Crippen LogP contribution is -2.57. The Bertz CT molecular complexity index is 3150. The summed E-state index contributed by atoms with van der Waals surface area (Å²) in [5.74, 6) is -2.17. The third-order valence-electron chi connectivity index (χ3n) is 16.5. The Morgan fingerprint density at radius 2 is 0.779 bits per heavy atom. The Morgan fingerprint density at radius 1 is 0.477 bits per heavy atom. The lowest BCUT2D eigenvalue weighted by atomic mass is 9.85. The summed E-state index contributed by atoms with van der Waals surface area (Å²) in [6.45, 7) is 15.0. The van der Waals surface area contributed by atoms with Crippen molar-refractivity contribution in [1.82, 2.24) is 51.7 Å². The first-order chi connectivity index (χ1) is 41.1. The van der Waals surface area contributed by atoms with Crippen LogP contribution in [0.1, 0.15) is 158 Å². The molecule has 2 saturated heterocycles. The molecule has 7 aromatic rings. The van der Waals surface area contributed by atoms with Crippen LogP contribution in [0.5, 0.6) is 0 Å². The van der Waals surface area contributed by atoms with Crippen LogP contribution in [-0.2, 0) is 19.2 Å². The second-order valence-corrected chi connectivity index (χ2v) is 24.8. The van der Waals surface area contributed by atoms with E-state index in [4.69, 9.17) is 18.8 Å². The summed E-state index contributed by atoms with van der Waals surface area (Å²) in [5.41, 5.74) is 4.47. The summed E-state index contributed by atoms with van der Waals surface area (Å²) in [7, 11) is 3.36. The van der Waals surface area contributed by atoms with Crippen molar-refractivity contribution in [2.75, 3.05) is 27.2 Å². The van der Waals surface area contributed by atoms with E-state index in [-0.39, 0.29) is 72.5 Å². The zero-order valence-corrected chi connectivity index (χ0v) is 50.7. The van der Waals surface area contributed by atoms with E-state index in [0.717, 1.165) is 22.3 Å². The fraction of sp³-hybridized carbons (Fsp3) is 0.382. The minimum Gasteiger partial charge on any atom is -0.446 e. The zero-order chi connectivity index (χ0) is 61.5. The van der Waals surface area contributed by atoms with Crippen LogP contribution in [0.3, 0.4) is 0 Å². The predicted octanol–water partition coefficient (Wildman–Crippen LogP) is 8.44. The lowest BCUT2D eigenvalue weighted by Gasteiger charge is -2.35. The van der Waals surface area contributed by atoms with Crippen molar-refractivity contribution in [3.05, 3.63) is 215 Å². The molecule has 5 aromatic carbocycles. The molecule has 2 aliphatic rings. The van der Waals surface area contributed by atoms with E-state index in [2.05, 4.69) is 31.9 Å². The molecule has 2 fully saturated rings. The molecule has 450 valence electrons. The zero-order valence-electron chi connectivity index (χ0n) is 50.7. The number of rotatable bonds is 20. The smallest absolute Gasteiger partial charge is 0.251 e. The number of carbonyl (C=O) groups excluding carboxylic acids is 6. The summed E-state index contributed by atoms with van der Waals surface area (Å²) < 4.78 is 12.6. The molecule has 18 heteroatoms. The fourth-order valence-electron chi connectivity index (χ4n) is 11.4. The van der Waals surface area contributed by atoms with Gasteiger partial charge in [0.05, 0.1) is 35.3 Å². The highest BCUT2D eigenvalue weighted by molar-refractivity contribution is 5.98. The van der Waals surface area contributed by atoms with Crippen LogP contribution >= 0.6 is 0 Å². The third-order valence-corrected chi connectivity index (χ3v) is 16.5. The summed E-state index contributed by atoms with van der Waals surface area (Å²) in [4.78, 5) is 98.7. The predicted molar refractivity (Wildman–Crippen MR) is 328 cm³/mol. The Balaban J connectivity index is 0.944. The Kier molecular flexibility index (Phi) is 19.2. The maximum absolute atomic E-state index is 15.0. The maximum atomic E-state index is 15.0. The molecule has 6 N–H and O–H groups in total. The minimum atomic E-state index is -0.941. The van der Waals surface area contributed by atoms with Crippen LogP contribution < -0.4 is 31.9 Å². The first-order valence-corrected chi connectivity index (χ1v) is 29.5. The fourth-order valence-corrected chi connectivity index (χ4v) is 11.4. The number of carbonyl (C=O) groups is 6. The van der Waals surface area contributed by atoms with E-state index in [1.807, 2.05) is 163 Å². The second-order valence-electron chi connectivity index (χ2n) is 24.8. The molecule has 6 amide bonds. The van der Waals surface area contributed by atoms with E-state index >= 15 is 0 Å². The van der Waals surface area contributed by atoms with Gasteiger partial charge in [-0.05, 0) is 98.1 Å². The number of nitrogens with one attached hydrogen (secondary N) is 6. The first-order valence-electron chi connectivity index (χ1n) is 29.5. The summed E-state index contributed by atoms with van der Waals surface area (Å²) >= 11 is 0. The standard InChI is InChI=1S/C68H80N10O8/c1-41(69-9)59(79)75-57(67(3,4)5)65(83)77-37-49(35-53(77)63-73-51(39-85-63)55(43-23-15-11-16-24-43)44-25-17-12-18-26-44)71-61(81)47-31-33-48(34-32-47)62(82)72-50-36-54(78(38-50)66(84)58(68(6,7)8)76-60(80)42(2)70-10)64-74-52(40-86-64)56(45-27-19-13-20-28-45)46-29-21-14-22-30-46/h11-34,39-42,49-50,53-58,69-70H,35-38H2,1-10H3,(H,71,81)(H,72,82)(H,75,79)(H,76,80). The molecule has 0 radical (unpaired) electrons. The SMILES string of the molecule is CNC(C)C(=O)NC(C(=O)N1CC(NC(=O)c2ccc(C(=O)NC3CC(c4nc(C(c5ccccc5)c5ccccc5)co4)N(C(=O)C(NC(=O)C(C)NC)C(C)(C)C)C3)cc2)CC1c1nc(C(c2ccccc2)c2ccccc2)co1)C(C)(C)C. The number of aromatic nitrogens is 2. The Morgan fingerprint density at radius 3 is 1.06 bits per heavy atom. The van der Waals surface area contributed by atoms with Gasteiger partial charge in [0, 0.05) is 36.3 Å². The third kappa shape index (κ3) is 14.2. The molecule has 18 nitrogen and oxygen atoms in total. The normalized spacial score (nSPS) is 18.5. The van der Waals surface area contributed by atoms with Gasteiger partial charge in [0.2, 0.25) is 35.4 Å². The highest BCUT2D eigenvalue weighted by atomic mass is 16.3. The average Bonchev–Trinajstić information content (AvgIpc) is 1.91. The van der Waals surface area contributed by atoms with Crippen LogP contribution in [0.15, 0.2) is 167 Å². The van der Waals surface area contributed by atoms with Crippen LogP contribution in [0.25, 0.3) is 0 Å². The molecule has 86 heavy (non-hydrogen) atoms. The Hall–Kier alpha value is -8.74. The van der Waals surface area contributed by atoms with Crippen LogP contribution in [0.4, 0.5) is 0 Å². The van der Waals surface area contributed by atoms with Crippen molar-refractivity contribution in [3.63, 3.8) is 0 Å². The van der Waals surface area contributed by atoms with Gasteiger partial charge in [-0.25, -0.2) is 9.97 Å². The van der Waals surface area contributed by atoms with E-state index in [1.54, 1.807) is 74.5 Å². The van der Waals surface area contributed by atoms with Gasteiger partial charge in [-0.2, -0.15) is 0 Å². The van der Waals surface area contributed by atoms with E-state index in [9.17, 15) is 28.8 Å². The lowest BCUT2D eigenvalue weighted by molar-refractivity contribution is -0.141. The number of amides is 6. The van der Waals surface area contributed by atoms with Crippen LogP contribution in [-0.4, -0.2) is 119 Å². The number of hydrogen-bond donors (Lipinski definition) is 6. The molecule has 2 aliphatic heterocycles. The molecule has 8 unspecified atom stereocenters. The highest BCUT2D eigenvalue weighted by Gasteiger charge is 2.47. The van der Waals surface area contributed by atoms with Gasteiger partial charge in [0.25, 0.3) is 11.8 Å². The van der Waals surface area contributed by atoms with Crippen molar-refractivity contribution >= 4 is 35.4 Å². The quantitative estimate of drug-likeness (QED) is 0.0422. The van der Waals surface area contributed by atoms with E-state index in [0.29, 0.717) is 23.2 Å². The average molecular weight is 1170 g/mol. The largest absolute Gasteiger partial charge is 0.446 e. The molecule has 8 atom stereocenters. The van der Waals surface area contributed by atoms with Gasteiger partial charge in [-0.15, -0.1) is 0 Å². The number of nitrogens with zero attached hydrogens (tertiary/aromatic N) is 4. The molecule has 0 saturated carbocycles. The molecule has 0 spiro atoms. The maximum Gasteiger partial charge on any atom is 0.251 e. The van der Waals surface area contributed by atoms with Gasteiger partial charge in [-0.3, -0.25) is 28.8 Å². The van der Waals surface area contributed by atoms with Crippen molar-refractivity contribution in [1.29, 1.82) is 0 Å². The van der Waals surface area contributed by atoms with Gasteiger partial charge in [-0.1, -0.05) is 163 Å². The molecular weight excluding hydrogens is 1080 g/mol. The summed E-state index contributed by atoms with van der Waals surface area (Å²) in [6, 6.07) is 40.7. The van der Waals surface area contributed by atoms with Gasteiger partial charge >= 0.3 is 0 Å². The number of hydrogen-bond acceptors (Lipinski definition) is 12. The summed E-state index contributed by atoms with van der Waals surface area (Å²) in [5, 5.41) is 18.2. The van der Waals surface area contributed by atoms with Crippen LogP contribution in [0.2, 0.25) is 0 Å². The summed E-state index contributed by atoms with van der Waals surface area (Å²) in [6.07, 6.45) is 3.77. The van der Waals surface area contributed by atoms with Crippen LogP contribution in [0, 0.1) is 10.8 Å². The van der Waals surface area contributed by atoms with Gasteiger partial charge in [0.1, 0.15) is 36.7 Å². The van der Waals surface area contributed by atoms with Crippen molar-refractivity contribution in [2.45, 2.75) is 128 Å². The number of benzene rings is 5. The molecule has 0 bridgehead atoms. The first kappa shape index (κ1) is 61.8. The molecule has 4 heterocycles. The number of likely N-dealkylation sites (tertiary alicyclic amines) is 2. The Labute approximate surface area is 503 Å².